The third-order valence-electron chi connectivity index (χ3n) is 5.52. The predicted octanol–water partition coefficient (Wildman–Crippen LogP) is 2.83. The zero-order valence-electron chi connectivity index (χ0n) is 18.8. The first-order valence-electron chi connectivity index (χ1n) is 10.9. The zero-order valence-corrected chi connectivity index (χ0v) is 19.7. The molecule has 1 aromatic heterocycles. The fourth-order valence-corrected chi connectivity index (χ4v) is 5.20. The van der Waals surface area contributed by atoms with Crippen molar-refractivity contribution in [3.05, 3.63) is 100 Å². The summed E-state index contributed by atoms with van der Waals surface area (Å²) in [5.41, 5.74) is 1.69. The molecule has 174 valence electrons. The molecule has 0 atom stereocenters. The number of carbonyl (C=O) groups is 1. The molecule has 0 spiro atoms. The van der Waals surface area contributed by atoms with Crippen molar-refractivity contribution in [2.75, 3.05) is 19.6 Å². The summed E-state index contributed by atoms with van der Waals surface area (Å²) < 4.78 is 28.0. The standard InChI is InChI=1S/C25H29N3O4S/c1-3-28(4-2)33(31,32)22-15-16-25(30)27(18-22)19-24(29)26-17-23(20-11-7-5-8-12-20)21-13-9-6-10-14-21/h5-16,18,23H,3-4,17,19H2,1-2H3,(H,26,29). The Balaban J connectivity index is 1.77. The Hall–Kier alpha value is -3.23. The summed E-state index contributed by atoms with van der Waals surface area (Å²) in [4.78, 5) is 25.0. The lowest BCUT2D eigenvalue weighted by molar-refractivity contribution is -0.121. The van der Waals surface area contributed by atoms with Gasteiger partial charge < -0.3 is 9.88 Å². The van der Waals surface area contributed by atoms with Crippen LogP contribution in [0.2, 0.25) is 0 Å². The Morgan fingerprint density at radius 3 is 1.97 bits per heavy atom. The maximum atomic E-state index is 12.8. The first-order valence-corrected chi connectivity index (χ1v) is 12.4. The Morgan fingerprint density at radius 1 is 0.909 bits per heavy atom. The third kappa shape index (κ3) is 5.97. The summed E-state index contributed by atoms with van der Waals surface area (Å²) >= 11 is 0. The first-order chi connectivity index (χ1) is 15.9. The van der Waals surface area contributed by atoms with Crippen LogP contribution in [0.25, 0.3) is 0 Å². The summed E-state index contributed by atoms with van der Waals surface area (Å²) in [6, 6.07) is 22.2. The highest BCUT2D eigenvalue weighted by Gasteiger charge is 2.23. The molecular formula is C25H29N3O4S. The van der Waals surface area contributed by atoms with E-state index in [-0.39, 0.29) is 23.3 Å². The van der Waals surface area contributed by atoms with Crippen LogP contribution in [0, 0.1) is 0 Å². The summed E-state index contributed by atoms with van der Waals surface area (Å²) in [5, 5.41) is 2.90. The molecule has 0 saturated heterocycles. The molecule has 0 saturated carbocycles. The first kappa shape index (κ1) is 24.4. The molecular weight excluding hydrogens is 438 g/mol. The number of carbonyl (C=O) groups excluding carboxylic acids is 1. The Labute approximate surface area is 194 Å². The molecule has 2 aromatic carbocycles. The number of nitrogens with one attached hydrogen (secondary N) is 1. The minimum absolute atomic E-state index is 0.00922. The van der Waals surface area contributed by atoms with Gasteiger partial charge in [-0.05, 0) is 17.2 Å². The Bertz CT molecular complexity index is 1180. The van der Waals surface area contributed by atoms with Gasteiger partial charge in [0.25, 0.3) is 5.56 Å². The van der Waals surface area contributed by atoms with E-state index >= 15 is 0 Å². The summed E-state index contributed by atoms with van der Waals surface area (Å²) in [6.07, 6.45) is 1.24. The maximum absolute atomic E-state index is 12.8. The van der Waals surface area contributed by atoms with Gasteiger partial charge in [-0.3, -0.25) is 9.59 Å². The van der Waals surface area contributed by atoms with E-state index in [1.807, 2.05) is 60.7 Å². The van der Waals surface area contributed by atoms with Crippen LogP contribution < -0.4 is 10.9 Å². The lowest BCUT2D eigenvalue weighted by Crippen LogP contribution is -2.35. The molecule has 8 heteroatoms. The average Bonchev–Trinajstić information content (AvgIpc) is 2.82. The molecule has 1 N–H and O–H groups in total. The molecule has 33 heavy (non-hydrogen) atoms. The molecule has 0 radical (unpaired) electrons. The van der Waals surface area contributed by atoms with Gasteiger partial charge in [-0.25, -0.2) is 8.42 Å². The second kappa shape index (κ2) is 11.1. The van der Waals surface area contributed by atoms with Crippen LogP contribution in [0.1, 0.15) is 30.9 Å². The third-order valence-corrected chi connectivity index (χ3v) is 7.55. The Kier molecular flexibility index (Phi) is 8.19. The van der Waals surface area contributed by atoms with E-state index in [0.29, 0.717) is 19.6 Å². The zero-order chi connectivity index (χ0) is 23.8. The van der Waals surface area contributed by atoms with Crippen LogP contribution in [-0.4, -0.2) is 42.8 Å². The summed E-state index contributed by atoms with van der Waals surface area (Å²) in [5.74, 6) is -0.422. The number of amides is 1. The molecule has 0 aliphatic rings. The van der Waals surface area contributed by atoms with Crippen LogP contribution in [0.15, 0.2) is 88.7 Å². The van der Waals surface area contributed by atoms with Crippen LogP contribution in [0.4, 0.5) is 0 Å². The fourth-order valence-electron chi connectivity index (χ4n) is 3.72. The molecule has 0 bridgehead atoms. The molecule has 1 amide bonds. The van der Waals surface area contributed by atoms with E-state index in [1.165, 1.54) is 22.6 Å². The SMILES string of the molecule is CCN(CC)S(=O)(=O)c1ccc(=O)n(CC(=O)NCC(c2ccccc2)c2ccccc2)c1. The van der Waals surface area contributed by atoms with Gasteiger partial charge in [0, 0.05) is 37.8 Å². The van der Waals surface area contributed by atoms with Gasteiger partial charge in [0.1, 0.15) is 6.54 Å². The Morgan fingerprint density at radius 2 is 1.45 bits per heavy atom. The van der Waals surface area contributed by atoms with E-state index in [4.69, 9.17) is 0 Å². The highest BCUT2D eigenvalue weighted by molar-refractivity contribution is 7.89. The van der Waals surface area contributed by atoms with Gasteiger partial charge in [0.05, 0.1) is 4.90 Å². The molecule has 0 aliphatic carbocycles. The topological polar surface area (TPSA) is 88.5 Å². The second-order valence-electron chi connectivity index (χ2n) is 7.60. The van der Waals surface area contributed by atoms with Crippen molar-refractivity contribution >= 4 is 15.9 Å². The predicted molar refractivity (Wildman–Crippen MR) is 129 cm³/mol. The minimum atomic E-state index is -3.73. The smallest absolute Gasteiger partial charge is 0.251 e. The van der Waals surface area contributed by atoms with Gasteiger partial charge in [-0.1, -0.05) is 74.5 Å². The molecule has 0 unspecified atom stereocenters. The quantitative estimate of drug-likeness (QED) is 0.497. The number of benzene rings is 2. The molecule has 3 rings (SSSR count). The van der Waals surface area contributed by atoms with Crippen LogP contribution in [0.5, 0.6) is 0 Å². The number of sulfonamides is 1. The van der Waals surface area contributed by atoms with Gasteiger partial charge in [0.2, 0.25) is 15.9 Å². The van der Waals surface area contributed by atoms with E-state index in [1.54, 1.807) is 13.8 Å². The highest BCUT2D eigenvalue weighted by Crippen LogP contribution is 2.23. The molecule has 1 heterocycles. The van der Waals surface area contributed by atoms with Gasteiger partial charge in [-0.15, -0.1) is 0 Å². The van der Waals surface area contributed by atoms with Gasteiger partial charge in [0.15, 0.2) is 0 Å². The molecule has 7 nitrogen and oxygen atoms in total. The van der Waals surface area contributed by atoms with Crippen molar-refractivity contribution in [3.63, 3.8) is 0 Å². The monoisotopic (exact) mass is 467 g/mol. The van der Waals surface area contributed by atoms with Gasteiger partial charge >= 0.3 is 0 Å². The number of hydrogen-bond acceptors (Lipinski definition) is 4. The van der Waals surface area contributed by atoms with E-state index < -0.39 is 15.6 Å². The largest absolute Gasteiger partial charge is 0.354 e. The second-order valence-corrected chi connectivity index (χ2v) is 9.54. The van der Waals surface area contributed by atoms with E-state index in [9.17, 15) is 18.0 Å². The summed E-state index contributed by atoms with van der Waals surface area (Å²) in [6.45, 7) is 4.22. The number of hydrogen-bond donors (Lipinski definition) is 1. The summed E-state index contributed by atoms with van der Waals surface area (Å²) in [7, 11) is -3.73. The number of aromatic nitrogens is 1. The normalized spacial score (nSPS) is 11.6. The van der Waals surface area contributed by atoms with Crippen molar-refractivity contribution < 1.29 is 13.2 Å². The number of rotatable bonds is 10. The van der Waals surface area contributed by atoms with Gasteiger partial charge in [-0.2, -0.15) is 4.31 Å². The fraction of sp³-hybridized carbons (Fsp3) is 0.280. The van der Waals surface area contributed by atoms with E-state index in [2.05, 4.69) is 5.32 Å². The van der Waals surface area contributed by atoms with Crippen LogP contribution in [-0.2, 0) is 21.4 Å². The van der Waals surface area contributed by atoms with Crippen molar-refractivity contribution in [2.45, 2.75) is 31.2 Å². The van der Waals surface area contributed by atoms with Crippen LogP contribution in [0.3, 0.4) is 0 Å². The lowest BCUT2D eigenvalue weighted by Gasteiger charge is -2.20. The lowest BCUT2D eigenvalue weighted by atomic mass is 9.91. The van der Waals surface area contributed by atoms with Crippen LogP contribution >= 0.6 is 0 Å². The van der Waals surface area contributed by atoms with Crippen molar-refractivity contribution in [1.29, 1.82) is 0 Å². The minimum Gasteiger partial charge on any atom is -0.354 e. The van der Waals surface area contributed by atoms with Crippen molar-refractivity contribution in [1.82, 2.24) is 14.2 Å². The highest BCUT2D eigenvalue weighted by atomic mass is 32.2. The van der Waals surface area contributed by atoms with Crippen molar-refractivity contribution in [3.8, 4) is 0 Å². The molecule has 3 aromatic rings. The molecule has 0 aliphatic heterocycles. The van der Waals surface area contributed by atoms with E-state index in [0.717, 1.165) is 15.7 Å². The number of pyridine rings is 1. The average molecular weight is 468 g/mol. The molecule has 0 fully saturated rings. The maximum Gasteiger partial charge on any atom is 0.251 e. The van der Waals surface area contributed by atoms with Crippen molar-refractivity contribution in [2.24, 2.45) is 0 Å². The number of nitrogens with zero attached hydrogens (tertiary/aromatic N) is 2.